The molecule has 1 heterocycles. The molecule has 0 spiro atoms. The highest BCUT2D eigenvalue weighted by molar-refractivity contribution is 5.99. The Bertz CT molecular complexity index is 678. The molecule has 8 nitrogen and oxygen atoms in total. The summed E-state index contributed by atoms with van der Waals surface area (Å²) in [5.41, 5.74) is 6.31. The van der Waals surface area contributed by atoms with Gasteiger partial charge in [0.15, 0.2) is 0 Å². The van der Waals surface area contributed by atoms with Gasteiger partial charge in [-0.1, -0.05) is 12.1 Å². The van der Waals surface area contributed by atoms with Crippen LogP contribution in [0.1, 0.15) is 28.8 Å². The zero-order chi connectivity index (χ0) is 18.6. The number of hydrogen-bond donors (Lipinski definition) is 3. The molecule has 1 saturated heterocycles. The molecule has 0 aromatic heterocycles. The number of carbonyl (C=O) groups excluding carboxylic acids is 2. The molecule has 0 atom stereocenters. The Balaban J connectivity index is 1.91. The van der Waals surface area contributed by atoms with Crippen LogP contribution in [-0.2, 0) is 9.59 Å². The number of likely N-dealkylation sites (N-methyl/N-ethyl adjacent to an activating group) is 1. The molecular formula is C17H22N4O4. The second-order valence-corrected chi connectivity index (χ2v) is 6.15. The third-order valence-corrected chi connectivity index (χ3v) is 4.36. The molecule has 0 saturated carbocycles. The molecule has 0 aliphatic carbocycles. The maximum absolute atomic E-state index is 12.4. The molecule has 2 rings (SSSR count). The fourth-order valence-corrected chi connectivity index (χ4v) is 2.76. The molecule has 1 fully saturated rings. The summed E-state index contributed by atoms with van der Waals surface area (Å²) in [5.74, 6) is -1.80. The molecule has 8 heteroatoms. The van der Waals surface area contributed by atoms with E-state index < -0.39 is 11.9 Å². The molecule has 1 aromatic carbocycles. The van der Waals surface area contributed by atoms with E-state index in [0.29, 0.717) is 37.1 Å². The van der Waals surface area contributed by atoms with E-state index in [-0.39, 0.29) is 24.2 Å². The van der Waals surface area contributed by atoms with Crippen molar-refractivity contribution >= 4 is 23.6 Å². The van der Waals surface area contributed by atoms with E-state index >= 15 is 0 Å². The Morgan fingerprint density at radius 1 is 1.20 bits per heavy atom. The lowest BCUT2D eigenvalue weighted by molar-refractivity contribution is -0.145. The van der Waals surface area contributed by atoms with Crippen LogP contribution >= 0.6 is 0 Å². The zero-order valence-electron chi connectivity index (χ0n) is 14.1. The molecule has 1 aliphatic rings. The predicted molar refractivity (Wildman–Crippen MR) is 91.4 cm³/mol. The number of piperidine rings is 1. The van der Waals surface area contributed by atoms with Crippen molar-refractivity contribution < 1.29 is 19.5 Å². The summed E-state index contributed by atoms with van der Waals surface area (Å²) in [7, 11) is 1.54. The first-order chi connectivity index (χ1) is 11.8. The number of nitrogens with zero attached hydrogens (tertiary/aromatic N) is 2. The van der Waals surface area contributed by atoms with Crippen molar-refractivity contribution in [2.75, 3.05) is 26.7 Å². The van der Waals surface area contributed by atoms with Crippen molar-refractivity contribution in [2.24, 2.45) is 11.7 Å². The third-order valence-electron chi connectivity index (χ3n) is 4.36. The summed E-state index contributed by atoms with van der Waals surface area (Å²) in [6.45, 7) is 0.724. The van der Waals surface area contributed by atoms with E-state index in [1.807, 2.05) is 0 Å². The van der Waals surface area contributed by atoms with Gasteiger partial charge in [-0.3, -0.25) is 19.8 Å². The number of nitrogen functional groups attached to an aromatic ring is 1. The second-order valence-electron chi connectivity index (χ2n) is 6.15. The van der Waals surface area contributed by atoms with E-state index in [1.54, 1.807) is 36.2 Å². The lowest BCUT2D eigenvalue weighted by atomic mass is 9.97. The number of benzene rings is 1. The summed E-state index contributed by atoms with van der Waals surface area (Å²) in [5, 5.41) is 16.3. The van der Waals surface area contributed by atoms with Crippen LogP contribution in [0.5, 0.6) is 0 Å². The number of rotatable bonds is 5. The number of carbonyl (C=O) groups is 3. The summed E-state index contributed by atoms with van der Waals surface area (Å²) in [6, 6.07) is 6.31. The molecular weight excluding hydrogens is 324 g/mol. The minimum absolute atomic E-state index is 0.0645. The van der Waals surface area contributed by atoms with Crippen molar-refractivity contribution in [3.8, 4) is 0 Å². The lowest BCUT2D eigenvalue weighted by Crippen LogP contribution is -2.45. The molecule has 0 bridgehead atoms. The molecule has 25 heavy (non-hydrogen) atoms. The number of nitrogens with one attached hydrogen (secondary N) is 1. The van der Waals surface area contributed by atoms with Crippen LogP contribution in [0.25, 0.3) is 0 Å². The number of amidine groups is 1. The van der Waals surface area contributed by atoms with Gasteiger partial charge < -0.3 is 20.6 Å². The third kappa shape index (κ3) is 4.56. The Labute approximate surface area is 145 Å². The van der Waals surface area contributed by atoms with Gasteiger partial charge in [0, 0.05) is 31.3 Å². The molecule has 1 aliphatic heterocycles. The van der Waals surface area contributed by atoms with Gasteiger partial charge in [0.2, 0.25) is 5.91 Å². The monoisotopic (exact) mass is 346 g/mol. The highest BCUT2D eigenvalue weighted by atomic mass is 16.4. The number of carboxylic acids is 1. The van der Waals surface area contributed by atoms with E-state index in [9.17, 15) is 14.4 Å². The van der Waals surface area contributed by atoms with Gasteiger partial charge in [0.25, 0.3) is 5.91 Å². The normalized spacial score (nSPS) is 14.8. The SMILES string of the molecule is CN(CC(=O)N1CCC(C(=O)O)CC1)C(=O)c1ccc(C(=N)N)cc1. The Morgan fingerprint density at radius 2 is 1.72 bits per heavy atom. The summed E-state index contributed by atoms with van der Waals surface area (Å²) in [4.78, 5) is 38.6. The summed E-state index contributed by atoms with van der Waals surface area (Å²) in [6.07, 6.45) is 0.872. The first-order valence-corrected chi connectivity index (χ1v) is 8.00. The average Bonchev–Trinajstić information content (AvgIpc) is 2.61. The number of nitrogens with two attached hydrogens (primary N) is 1. The van der Waals surface area contributed by atoms with Crippen LogP contribution in [0.2, 0.25) is 0 Å². The fourth-order valence-electron chi connectivity index (χ4n) is 2.76. The maximum Gasteiger partial charge on any atom is 0.306 e. The Kier molecular flexibility index (Phi) is 5.74. The fraction of sp³-hybridized carbons (Fsp3) is 0.412. The van der Waals surface area contributed by atoms with Crippen LogP contribution in [0.4, 0.5) is 0 Å². The molecule has 1 aromatic rings. The second kappa shape index (κ2) is 7.78. The predicted octanol–water partition coefficient (Wildman–Crippen LogP) is 0.366. The standard InChI is InChI=1S/C17H22N4O4/c1-20(16(23)12-4-2-11(3-5-12)15(18)19)10-14(22)21-8-6-13(7-9-21)17(24)25/h2-5,13H,6-10H2,1H3,(H3,18,19)(H,24,25). The van der Waals surface area contributed by atoms with Crippen LogP contribution in [0.15, 0.2) is 24.3 Å². The maximum atomic E-state index is 12.4. The van der Waals surface area contributed by atoms with Gasteiger partial charge in [0.05, 0.1) is 12.5 Å². The largest absolute Gasteiger partial charge is 0.481 e. The first-order valence-electron chi connectivity index (χ1n) is 8.00. The number of hydrogen-bond acceptors (Lipinski definition) is 4. The van der Waals surface area contributed by atoms with E-state index in [1.165, 1.54) is 4.90 Å². The molecule has 4 N–H and O–H groups in total. The minimum atomic E-state index is -0.826. The number of amides is 2. The van der Waals surface area contributed by atoms with Crippen LogP contribution < -0.4 is 5.73 Å². The highest BCUT2D eigenvalue weighted by Gasteiger charge is 2.28. The molecule has 0 unspecified atom stereocenters. The topological polar surface area (TPSA) is 128 Å². The number of likely N-dealkylation sites (tertiary alicyclic amines) is 1. The van der Waals surface area contributed by atoms with Crippen molar-refractivity contribution in [3.05, 3.63) is 35.4 Å². The molecule has 2 amide bonds. The Hall–Kier alpha value is -2.90. The van der Waals surface area contributed by atoms with Crippen LogP contribution in [0, 0.1) is 11.3 Å². The van der Waals surface area contributed by atoms with Gasteiger partial charge >= 0.3 is 5.97 Å². The first kappa shape index (κ1) is 18.4. The van der Waals surface area contributed by atoms with Crippen LogP contribution in [-0.4, -0.2) is 65.2 Å². The summed E-state index contributed by atoms with van der Waals surface area (Å²) < 4.78 is 0. The molecule has 134 valence electrons. The quantitative estimate of drug-likeness (QED) is 0.524. The van der Waals surface area contributed by atoms with E-state index in [4.69, 9.17) is 16.2 Å². The molecule has 0 radical (unpaired) electrons. The van der Waals surface area contributed by atoms with Crippen LogP contribution in [0.3, 0.4) is 0 Å². The Morgan fingerprint density at radius 3 is 2.20 bits per heavy atom. The van der Waals surface area contributed by atoms with Crippen molar-refractivity contribution in [1.82, 2.24) is 9.80 Å². The number of carboxylic acid groups (broad SMARTS) is 1. The van der Waals surface area contributed by atoms with Gasteiger partial charge in [-0.05, 0) is 25.0 Å². The van der Waals surface area contributed by atoms with Gasteiger partial charge in [0.1, 0.15) is 5.84 Å². The smallest absolute Gasteiger partial charge is 0.306 e. The van der Waals surface area contributed by atoms with Crippen molar-refractivity contribution in [3.63, 3.8) is 0 Å². The van der Waals surface area contributed by atoms with Crippen molar-refractivity contribution in [2.45, 2.75) is 12.8 Å². The minimum Gasteiger partial charge on any atom is -0.481 e. The van der Waals surface area contributed by atoms with Crippen molar-refractivity contribution in [1.29, 1.82) is 5.41 Å². The van der Waals surface area contributed by atoms with E-state index in [2.05, 4.69) is 0 Å². The average molecular weight is 346 g/mol. The zero-order valence-corrected chi connectivity index (χ0v) is 14.1. The highest BCUT2D eigenvalue weighted by Crippen LogP contribution is 2.17. The van der Waals surface area contributed by atoms with Gasteiger partial charge in [-0.25, -0.2) is 0 Å². The van der Waals surface area contributed by atoms with Gasteiger partial charge in [-0.15, -0.1) is 0 Å². The summed E-state index contributed by atoms with van der Waals surface area (Å²) >= 11 is 0. The lowest BCUT2D eigenvalue weighted by Gasteiger charge is -2.31. The number of aliphatic carboxylic acids is 1. The van der Waals surface area contributed by atoms with E-state index in [0.717, 1.165) is 0 Å². The van der Waals surface area contributed by atoms with Gasteiger partial charge in [-0.2, -0.15) is 0 Å².